The Balaban J connectivity index is 1.51. The number of aromatic nitrogens is 1. The number of aryl methyl sites for hydroxylation is 2. The van der Waals surface area contributed by atoms with Gasteiger partial charge in [0.15, 0.2) is 5.13 Å². The molecule has 0 unspecified atom stereocenters. The second kappa shape index (κ2) is 8.85. The monoisotopic (exact) mass is 454 g/mol. The molecule has 172 valence electrons. The number of carbonyl (C=O) groups is 2. The van der Waals surface area contributed by atoms with Crippen LogP contribution in [0.1, 0.15) is 57.6 Å². The molecule has 6 nitrogen and oxygen atoms in total. The van der Waals surface area contributed by atoms with Gasteiger partial charge in [-0.3, -0.25) is 9.59 Å². The van der Waals surface area contributed by atoms with Crippen molar-refractivity contribution in [1.29, 1.82) is 0 Å². The molecule has 2 amide bonds. The average molecular weight is 455 g/mol. The summed E-state index contributed by atoms with van der Waals surface area (Å²) in [6.07, 6.45) is 3.69. The molecule has 1 saturated carbocycles. The van der Waals surface area contributed by atoms with Crippen molar-refractivity contribution in [3.63, 3.8) is 0 Å². The Morgan fingerprint density at radius 2 is 1.91 bits per heavy atom. The topological polar surface area (TPSA) is 74.3 Å². The van der Waals surface area contributed by atoms with Gasteiger partial charge in [-0.25, -0.2) is 4.98 Å². The number of nitrogens with zero attached hydrogens (tertiary/aromatic N) is 2. The fourth-order valence-corrected chi connectivity index (χ4v) is 4.89. The maximum atomic E-state index is 13.6. The molecule has 2 N–H and O–H groups in total. The van der Waals surface area contributed by atoms with Gasteiger partial charge in [0.25, 0.3) is 0 Å². The molecule has 32 heavy (non-hydrogen) atoms. The lowest BCUT2D eigenvalue weighted by atomic mass is 9.85. The predicted molar refractivity (Wildman–Crippen MR) is 130 cm³/mol. The normalized spacial score (nSPS) is 19.7. The molecular formula is C25H34N4O2S. The predicted octanol–water partition coefficient (Wildman–Crippen LogP) is 4.52. The second-order valence-corrected chi connectivity index (χ2v) is 11.1. The molecule has 2 aromatic rings. The number of anilines is 1. The van der Waals surface area contributed by atoms with E-state index in [1.54, 1.807) is 4.90 Å². The van der Waals surface area contributed by atoms with Gasteiger partial charge in [0, 0.05) is 23.5 Å². The fraction of sp³-hybridized carbons (Fsp3) is 0.560. The third-order valence-electron chi connectivity index (χ3n) is 6.45. The van der Waals surface area contributed by atoms with Crippen LogP contribution in [0.3, 0.4) is 0 Å². The van der Waals surface area contributed by atoms with Gasteiger partial charge in [0.2, 0.25) is 11.8 Å². The first-order chi connectivity index (χ1) is 15.1. The van der Waals surface area contributed by atoms with Gasteiger partial charge in [-0.05, 0) is 62.1 Å². The summed E-state index contributed by atoms with van der Waals surface area (Å²) in [4.78, 5) is 32.9. The van der Waals surface area contributed by atoms with Crippen LogP contribution in [-0.2, 0) is 9.59 Å². The van der Waals surface area contributed by atoms with E-state index in [1.807, 2.05) is 5.38 Å². The standard InChI is InChI=1S/C25H34N4O2S/c1-15-8-9-17(13-16(15)2)19-14-32-24(27-19)28-21(25(3,4)5)23(31)29-12-6-7-20(29)22(30)26-18-10-11-18/h8-9,13-14,18,20-21H,6-7,10-12H2,1-5H3,(H,26,30)(H,27,28)/t20-,21+/m0/s1. The third kappa shape index (κ3) is 4.98. The zero-order valence-corrected chi connectivity index (χ0v) is 20.5. The van der Waals surface area contributed by atoms with Gasteiger partial charge in [0.1, 0.15) is 12.1 Å². The summed E-state index contributed by atoms with van der Waals surface area (Å²) >= 11 is 1.51. The lowest BCUT2D eigenvalue weighted by molar-refractivity contribution is -0.140. The minimum Gasteiger partial charge on any atom is -0.352 e. The highest BCUT2D eigenvalue weighted by molar-refractivity contribution is 7.14. The molecular weight excluding hydrogens is 420 g/mol. The molecule has 1 aromatic heterocycles. The van der Waals surface area contributed by atoms with Gasteiger partial charge in [-0.1, -0.05) is 32.9 Å². The summed E-state index contributed by atoms with van der Waals surface area (Å²) in [5, 5.41) is 9.24. The van der Waals surface area contributed by atoms with E-state index in [2.05, 4.69) is 63.5 Å². The van der Waals surface area contributed by atoms with Crippen LogP contribution in [0.2, 0.25) is 0 Å². The molecule has 2 fully saturated rings. The fourth-order valence-electron chi connectivity index (χ4n) is 4.14. The number of thiazole rings is 1. The maximum Gasteiger partial charge on any atom is 0.246 e. The average Bonchev–Trinajstić information content (AvgIpc) is 3.22. The van der Waals surface area contributed by atoms with Gasteiger partial charge < -0.3 is 15.5 Å². The summed E-state index contributed by atoms with van der Waals surface area (Å²) in [6.45, 7) is 11.0. The maximum absolute atomic E-state index is 13.6. The van der Waals surface area contributed by atoms with Crippen molar-refractivity contribution in [1.82, 2.24) is 15.2 Å². The van der Waals surface area contributed by atoms with Crippen LogP contribution in [0.5, 0.6) is 0 Å². The van der Waals surface area contributed by atoms with Gasteiger partial charge >= 0.3 is 0 Å². The van der Waals surface area contributed by atoms with Crippen LogP contribution in [0.25, 0.3) is 11.3 Å². The van der Waals surface area contributed by atoms with Crippen molar-refractivity contribution in [2.24, 2.45) is 5.41 Å². The number of hydrogen-bond acceptors (Lipinski definition) is 5. The molecule has 1 aromatic carbocycles. The second-order valence-electron chi connectivity index (χ2n) is 10.3. The number of rotatable bonds is 6. The molecule has 4 rings (SSSR count). The van der Waals surface area contributed by atoms with E-state index in [1.165, 1.54) is 22.5 Å². The lowest BCUT2D eigenvalue weighted by Crippen LogP contribution is -2.54. The van der Waals surface area contributed by atoms with E-state index >= 15 is 0 Å². The van der Waals surface area contributed by atoms with E-state index in [0.29, 0.717) is 12.6 Å². The molecule has 1 aliphatic heterocycles. The van der Waals surface area contributed by atoms with Crippen molar-refractivity contribution < 1.29 is 9.59 Å². The quantitative estimate of drug-likeness (QED) is 0.673. The molecule has 2 heterocycles. The van der Waals surface area contributed by atoms with Crippen LogP contribution in [0.15, 0.2) is 23.6 Å². The highest BCUT2D eigenvalue weighted by Crippen LogP contribution is 2.32. The Labute approximate surface area is 194 Å². The van der Waals surface area contributed by atoms with Crippen molar-refractivity contribution >= 4 is 28.3 Å². The largest absolute Gasteiger partial charge is 0.352 e. The highest BCUT2D eigenvalue weighted by Gasteiger charge is 2.42. The van der Waals surface area contributed by atoms with Crippen LogP contribution < -0.4 is 10.6 Å². The molecule has 0 spiro atoms. The van der Waals surface area contributed by atoms with Crippen molar-refractivity contribution in [2.75, 3.05) is 11.9 Å². The van der Waals surface area contributed by atoms with Crippen LogP contribution in [0, 0.1) is 19.3 Å². The van der Waals surface area contributed by atoms with Crippen molar-refractivity contribution in [3.05, 3.63) is 34.7 Å². The Kier molecular flexibility index (Phi) is 6.30. The van der Waals surface area contributed by atoms with E-state index in [0.717, 1.165) is 42.1 Å². The first kappa shape index (κ1) is 22.8. The zero-order chi connectivity index (χ0) is 23.0. The minimum atomic E-state index is -0.462. The molecule has 0 bridgehead atoms. The van der Waals surface area contributed by atoms with E-state index in [9.17, 15) is 9.59 Å². The van der Waals surface area contributed by atoms with Gasteiger partial charge in [0.05, 0.1) is 5.69 Å². The summed E-state index contributed by atoms with van der Waals surface area (Å²) in [7, 11) is 0. The first-order valence-electron chi connectivity index (χ1n) is 11.5. The highest BCUT2D eigenvalue weighted by atomic mass is 32.1. The lowest BCUT2D eigenvalue weighted by Gasteiger charge is -2.35. The Morgan fingerprint density at radius 3 is 2.56 bits per heavy atom. The van der Waals surface area contributed by atoms with Gasteiger partial charge in [-0.15, -0.1) is 11.3 Å². The van der Waals surface area contributed by atoms with E-state index in [4.69, 9.17) is 4.98 Å². The Morgan fingerprint density at radius 1 is 1.16 bits per heavy atom. The van der Waals surface area contributed by atoms with E-state index in [-0.39, 0.29) is 23.3 Å². The summed E-state index contributed by atoms with van der Waals surface area (Å²) in [5.41, 5.74) is 4.14. The van der Waals surface area contributed by atoms with Crippen molar-refractivity contribution in [3.8, 4) is 11.3 Å². The molecule has 2 atom stereocenters. The summed E-state index contributed by atoms with van der Waals surface area (Å²) in [5.74, 6) is -0.0221. The number of nitrogens with one attached hydrogen (secondary N) is 2. The van der Waals surface area contributed by atoms with Crippen LogP contribution in [0.4, 0.5) is 5.13 Å². The van der Waals surface area contributed by atoms with Crippen molar-refractivity contribution in [2.45, 2.75) is 78.4 Å². The number of hydrogen-bond donors (Lipinski definition) is 2. The molecule has 7 heteroatoms. The molecule has 2 aliphatic rings. The smallest absolute Gasteiger partial charge is 0.246 e. The van der Waals surface area contributed by atoms with E-state index < -0.39 is 6.04 Å². The first-order valence-corrected chi connectivity index (χ1v) is 12.4. The van der Waals surface area contributed by atoms with Gasteiger partial charge in [-0.2, -0.15) is 0 Å². The van der Waals surface area contributed by atoms with Crippen LogP contribution in [-0.4, -0.2) is 46.4 Å². The number of likely N-dealkylation sites (tertiary alicyclic amines) is 1. The number of benzene rings is 1. The Hall–Kier alpha value is -2.41. The number of amides is 2. The molecule has 1 saturated heterocycles. The van der Waals surface area contributed by atoms with Crippen LogP contribution >= 0.6 is 11.3 Å². The molecule has 1 aliphatic carbocycles. The minimum absolute atomic E-state index is 0.00251. The SMILES string of the molecule is Cc1ccc(-c2csc(N[C@H](C(=O)N3CCC[C@H]3C(=O)NC3CC3)C(C)(C)C)n2)cc1C. The Bertz CT molecular complexity index is 1010. The summed E-state index contributed by atoms with van der Waals surface area (Å²) < 4.78 is 0. The zero-order valence-electron chi connectivity index (χ0n) is 19.7. The molecule has 0 radical (unpaired) electrons. The summed E-state index contributed by atoms with van der Waals surface area (Å²) in [6, 6.07) is 5.82. The third-order valence-corrected chi connectivity index (χ3v) is 7.22. The number of carbonyl (C=O) groups excluding carboxylic acids is 2.